The zero-order chi connectivity index (χ0) is 12.7. The molecule has 18 heavy (non-hydrogen) atoms. The average molecular weight is 247 g/mol. The smallest absolute Gasteiger partial charge is 0.165 e. The third-order valence-corrected chi connectivity index (χ3v) is 3.17. The number of nitrogen functional groups attached to an aromatic ring is 1. The van der Waals surface area contributed by atoms with Crippen LogP contribution in [-0.2, 0) is 4.74 Å². The summed E-state index contributed by atoms with van der Waals surface area (Å²) >= 11 is 0. The number of aromatic nitrogens is 4. The summed E-state index contributed by atoms with van der Waals surface area (Å²) in [5.74, 6) is 0.326. The maximum Gasteiger partial charge on any atom is 0.165 e. The fourth-order valence-corrected chi connectivity index (χ4v) is 2.19. The molecule has 3 heterocycles. The van der Waals surface area contributed by atoms with E-state index >= 15 is 0 Å². The van der Waals surface area contributed by atoms with Gasteiger partial charge in [0, 0.05) is 0 Å². The molecule has 1 fully saturated rings. The molecule has 0 aromatic carbocycles. The van der Waals surface area contributed by atoms with Crippen LogP contribution in [0.2, 0.25) is 0 Å². The molecule has 0 amide bonds. The molecule has 1 saturated heterocycles. The minimum atomic E-state index is -0.670. The quantitative estimate of drug-likeness (QED) is 0.719. The molecule has 2 aromatic heterocycles. The monoisotopic (exact) mass is 247 g/mol. The Labute approximate surface area is 103 Å². The second kappa shape index (κ2) is 4.04. The van der Waals surface area contributed by atoms with Crippen LogP contribution < -0.4 is 5.73 Å². The lowest BCUT2D eigenvalue weighted by molar-refractivity contribution is 0.0712. The number of rotatable bonds is 2. The first-order valence-electron chi connectivity index (χ1n) is 5.57. The van der Waals surface area contributed by atoms with Gasteiger partial charge in [0.05, 0.1) is 19.0 Å². The van der Waals surface area contributed by atoms with Crippen molar-refractivity contribution in [2.24, 2.45) is 0 Å². The third kappa shape index (κ3) is 1.48. The number of fused-ring (bicyclic) bond motifs is 1. The highest BCUT2D eigenvalue weighted by atomic mass is 16.5. The van der Waals surface area contributed by atoms with Gasteiger partial charge in [-0.05, 0) is 0 Å². The van der Waals surface area contributed by atoms with Crippen molar-refractivity contribution in [1.29, 1.82) is 0 Å². The molecule has 1 aliphatic heterocycles. The van der Waals surface area contributed by atoms with Gasteiger partial charge in [-0.15, -0.1) is 6.58 Å². The standard InChI is InChI=1S/C11H13N5O2/c1-2-7-9(17)6(3-18-7)16-5-15-8-10(12)13-4-14-11(8)16/h2,4-7,9,17H,1,3H2,(H2,12,13,14)/t6-,7-,9+/m0/s1. The van der Waals surface area contributed by atoms with Crippen molar-refractivity contribution in [2.45, 2.75) is 18.2 Å². The van der Waals surface area contributed by atoms with Crippen LogP contribution in [0.15, 0.2) is 25.3 Å². The maximum absolute atomic E-state index is 10.1. The van der Waals surface area contributed by atoms with Crippen LogP contribution in [0.25, 0.3) is 11.2 Å². The predicted octanol–water partition coefficient (Wildman–Crippen LogP) is -0.105. The summed E-state index contributed by atoms with van der Waals surface area (Å²) in [6.45, 7) is 4.01. The van der Waals surface area contributed by atoms with Crippen LogP contribution >= 0.6 is 0 Å². The molecular weight excluding hydrogens is 234 g/mol. The fraction of sp³-hybridized carbons (Fsp3) is 0.364. The molecule has 7 nitrogen and oxygen atoms in total. The van der Waals surface area contributed by atoms with Crippen LogP contribution in [0.5, 0.6) is 0 Å². The Hall–Kier alpha value is -1.99. The summed E-state index contributed by atoms with van der Waals surface area (Å²) in [7, 11) is 0. The summed E-state index contributed by atoms with van der Waals surface area (Å²) < 4.78 is 7.20. The summed E-state index contributed by atoms with van der Waals surface area (Å²) in [5, 5.41) is 10.1. The number of nitrogens with zero attached hydrogens (tertiary/aromatic N) is 4. The van der Waals surface area contributed by atoms with Gasteiger partial charge in [0.15, 0.2) is 11.5 Å². The van der Waals surface area contributed by atoms with E-state index in [2.05, 4.69) is 21.5 Å². The van der Waals surface area contributed by atoms with Crippen molar-refractivity contribution >= 4 is 17.0 Å². The first-order chi connectivity index (χ1) is 8.72. The van der Waals surface area contributed by atoms with E-state index in [1.165, 1.54) is 6.33 Å². The van der Waals surface area contributed by atoms with E-state index in [1.807, 2.05) is 0 Å². The predicted molar refractivity (Wildman–Crippen MR) is 64.7 cm³/mol. The number of hydrogen-bond donors (Lipinski definition) is 2. The minimum absolute atomic E-state index is 0.243. The molecule has 3 N–H and O–H groups in total. The fourth-order valence-electron chi connectivity index (χ4n) is 2.19. The first-order valence-corrected chi connectivity index (χ1v) is 5.57. The zero-order valence-corrected chi connectivity index (χ0v) is 9.60. The van der Waals surface area contributed by atoms with Gasteiger partial charge in [-0.1, -0.05) is 6.08 Å². The Morgan fingerprint density at radius 2 is 2.33 bits per heavy atom. The van der Waals surface area contributed by atoms with E-state index < -0.39 is 6.10 Å². The lowest BCUT2D eigenvalue weighted by atomic mass is 10.1. The number of anilines is 1. The minimum Gasteiger partial charge on any atom is -0.388 e. The van der Waals surface area contributed by atoms with Gasteiger partial charge >= 0.3 is 0 Å². The van der Waals surface area contributed by atoms with Crippen molar-refractivity contribution in [3.8, 4) is 0 Å². The molecule has 7 heteroatoms. The van der Waals surface area contributed by atoms with Gasteiger partial charge in [-0.25, -0.2) is 15.0 Å². The average Bonchev–Trinajstić information content (AvgIpc) is 2.93. The summed E-state index contributed by atoms with van der Waals surface area (Å²) in [4.78, 5) is 12.2. The molecule has 3 atom stereocenters. The van der Waals surface area contributed by atoms with Crippen molar-refractivity contribution in [2.75, 3.05) is 12.3 Å². The Kier molecular flexibility index (Phi) is 2.49. The van der Waals surface area contributed by atoms with Crippen molar-refractivity contribution in [3.63, 3.8) is 0 Å². The zero-order valence-electron chi connectivity index (χ0n) is 9.60. The number of ether oxygens (including phenoxy) is 1. The molecule has 1 aliphatic rings. The van der Waals surface area contributed by atoms with Crippen LogP contribution in [0.3, 0.4) is 0 Å². The Morgan fingerprint density at radius 3 is 3.06 bits per heavy atom. The maximum atomic E-state index is 10.1. The molecule has 3 rings (SSSR count). The summed E-state index contributed by atoms with van der Waals surface area (Å²) in [5.41, 5.74) is 6.85. The van der Waals surface area contributed by atoms with Crippen LogP contribution in [0, 0.1) is 0 Å². The largest absolute Gasteiger partial charge is 0.388 e. The van der Waals surface area contributed by atoms with Gasteiger partial charge in [0.25, 0.3) is 0 Å². The van der Waals surface area contributed by atoms with E-state index in [0.29, 0.717) is 23.6 Å². The normalized spacial score (nSPS) is 27.7. The van der Waals surface area contributed by atoms with Crippen molar-refractivity contribution in [3.05, 3.63) is 25.3 Å². The molecular formula is C11H13N5O2. The Balaban J connectivity index is 2.05. The van der Waals surface area contributed by atoms with Crippen LogP contribution in [-0.4, -0.2) is 43.4 Å². The second-order valence-electron chi connectivity index (χ2n) is 4.17. The van der Waals surface area contributed by atoms with E-state index in [-0.39, 0.29) is 12.1 Å². The molecule has 0 bridgehead atoms. The molecule has 0 aliphatic carbocycles. The number of hydrogen-bond acceptors (Lipinski definition) is 6. The van der Waals surface area contributed by atoms with Gasteiger partial charge < -0.3 is 20.1 Å². The van der Waals surface area contributed by atoms with E-state index in [1.54, 1.807) is 17.0 Å². The topological polar surface area (TPSA) is 99.1 Å². The molecule has 0 unspecified atom stereocenters. The van der Waals surface area contributed by atoms with Gasteiger partial charge in [0.1, 0.15) is 24.1 Å². The first kappa shape index (κ1) is 11.1. The SMILES string of the molecule is C=C[C@@H]1OC[C@H](n2cnc3c(N)ncnc32)[C@H]1O. The lowest BCUT2D eigenvalue weighted by Gasteiger charge is -2.16. The van der Waals surface area contributed by atoms with Crippen LogP contribution in [0.1, 0.15) is 6.04 Å². The van der Waals surface area contributed by atoms with Crippen LogP contribution in [0.4, 0.5) is 5.82 Å². The lowest BCUT2D eigenvalue weighted by Crippen LogP contribution is -2.26. The number of aliphatic hydroxyl groups is 1. The summed E-state index contributed by atoms with van der Waals surface area (Å²) in [6.07, 6.45) is 3.52. The van der Waals surface area contributed by atoms with E-state index in [9.17, 15) is 5.11 Å². The van der Waals surface area contributed by atoms with Gasteiger partial charge in [-0.2, -0.15) is 0 Å². The van der Waals surface area contributed by atoms with E-state index in [4.69, 9.17) is 10.5 Å². The Bertz CT molecular complexity index is 596. The number of aliphatic hydroxyl groups excluding tert-OH is 1. The van der Waals surface area contributed by atoms with Gasteiger partial charge in [-0.3, -0.25) is 0 Å². The number of imidazole rings is 1. The molecule has 2 aromatic rings. The highest BCUT2D eigenvalue weighted by Crippen LogP contribution is 2.28. The molecule has 94 valence electrons. The molecule has 0 spiro atoms. The van der Waals surface area contributed by atoms with Crippen molar-refractivity contribution in [1.82, 2.24) is 19.5 Å². The van der Waals surface area contributed by atoms with Gasteiger partial charge in [0.2, 0.25) is 0 Å². The molecule has 0 saturated carbocycles. The highest BCUT2D eigenvalue weighted by molar-refractivity contribution is 5.81. The highest BCUT2D eigenvalue weighted by Gasteiger charge is 2.36. The van der Waals surface area contributed by atoms with E-state index in [0.717, 1.165) is 0 Å². The molecule has 0 radical (unpaired) electrons. The number of nitrogens with two attached hydrogens (primary N) is 1. The third-order valence-electron chi connectivity index (χ3n) is 3.17. The summed E-state index contributed by atoms with van der Waals surface area (Å²) in [6, 6.07) is -0.243. The van der Waals surface area contributed by atoms with Crippen molar-refractivity contribution < 1.29 is 9.84 Å². The Morgan fingerprint density at radius 1 is 1.50 bits per heavy atom. The second-order valence-corrected chi connectivity index (χ2v) is 4.17.